The fraction of sp³-hybridized carbons (Fsp3) is 0.727. The summed E-state index contributed by atoms with van der Waals surface area (Å²) in [6.45, 7) is 11.8. The van der Waals surface area contributed by atoms with Crippen LogP contribution in [0, 0.1) is 23.6 Å². The van der Waals surface area contributed by atoms with Gasteiger partial charge in [-0.25, -0.2) is 4.39 Å². The van der Waals surface area contributed by atoms with Crippen LogP contribution in [0.3, 0.4) is 0 Å². The first-order valence-corrected chi connectivity index (χ1v) is 9.95. The first kappa shape index (κ1) is 20.4. The highest BCUT2D eigenvalue weighted by Gasteiger charge is 2.33. The molecule has 0 spiro atoms. The Balaban J connectivity index is 1.81. The molecule has 0 aliphatic carbocycles. The van der Waals surface area contributed by atoms with Gasteiger partial charge in [0.2, 0.25) is 0 Å². The topological polar surface area (TPSA) is 21.3 Å². The van der Waals surface area contributed by atoms with Crippen molar-refractivity contribution in [3.8, 4) is 0 Å². The van der Waals surface area contributed by atoms with Crippen molar-refractivity contribution in [2.45, 2.75) is 71.9 Å². The minimum absolute atomic E-state index is 0.0283. The van der Waals surface area contributed by atoms with Gasteiger partial charge in [0, 0.05) is 13.2 Å². The lowest BCUT2D eigenvalue weighted by Crippen LogP contribution is -2.37. The molecule has 1 N–H and O–H groups in total. The quantitative estimate of drug-likeness (QED) is 0.589. The van der Waals surface area contributed by atoms with E-state index < -0.39 is 0 Å². The molecular formula is C22H36FNO. The minimum Gasteiger partial charge on any atom is -0.376 e. The van der Waals surface area contributed by atoms with Gasteiger partial charge in [-0.05, 0) is 81.5 Å². The molecule has 1 aromatic carbocycles. The van der Waals surface area contributed by atoms with Crippen molar-refractivity contribution in [1.82, 2.24) is 5.32 Å². The Kier molecular flexibility index (Phi) is 7.89. The number of hydrogen-bond donors (Lipinski definition) is 1. The third-order valence-electron chi connectivity index (χ3n) is 5.45. The second-order valence-electron chi connectivity index (χ2n) is 8.68. The van der Waals surface area contributed by atoms with E-state index >= 15 is 0 Å². The molecule has 1 heterocycles. The standard InChI is InChI=1S/C22H36FNO/c1-17(2)5-8-19(20-12-14-25-22(3,4)15-20)11-13-24-16-18-6-9-21(23)10-7-18/h6-7,9-10,17,19-20,24H,5,8,11-16H2,1-4H3/t19-,20+/m0/s1. The third-order valence-corrected chi connectivity index (χ3v) is 5.45. The van der Waals surface area contributed by atoms with E-state index in [-0.39, 0.29) is 11.4 Å². The highest BCUT2D eigenvalue weighted by atomic mass is 19.1. The van der Waals surface area contributed by atoms with Crippen LogP contribution in [0.2, 0.25) is 0 Å². The maximum atomic E-state index is 13.0. The van der Waals surface area contributed by atoms with E-state index in [1.54, 1.807) is 0 Å². The molecule has 0 unspecified atom stereocenters. The number of benzene rings is 1. The van der Waals surface area contributed by atoms with E-state index in [1.807, 2.05) is 12.1 Å². The van der Waals surface area contributed by atoms with Gasteiger partial charge in [0.1, 0.15) is 5.82 Å². The SMILES string of the molecule is CC(C)CC[C@@H](CCNCc1ccc(F)cc1)[C@@H]1CCOC(C)(C)C1. The molecule has 2 rings (SSSR count). The Morgan fingerprint density at radius 2 is 1.88 bits per heavy atom. The van der Waals surface area contributed by atoms with Crippen LogP contribution >= 0.6 is 0 Å². The fourth-order valence-corrected chi connectivity index (χ4v) is 3.97. The molecule has 0 amide bonds. The van der Waals surface area contributed by atoms with Crippen LogP contribution in [0.15, 0.2) is 24.3 Å². The predicted octanol–water partition coefficient (Wildman–Crippen LogP) is 5.56. The van der Waals surface area contributed by atoms with Crippen LogP contribution in [-0.2, 0) is 11.3 Å². The molecule has 1 aliphatic heterocycles. The first-order valence-electron chi connectivity index (χ1n) is 9.95. The van der Waals surface area contributed by atoms with Crippen molar-refractivity contribution in [2.24, 2.45) is 17.8 Å². The predicted molar refractivity (Wildman–Crippen MR) is 103 cm³/mol. The van der Waals surface area contributed by atoms with E-state index in [0.29, 0.717) is 0 Å². The summed E-state index contributed by atoms with van der Waals surface area (Å²) in [5, 5.41) is 3.55. The van der Waals surface area contributed by atoms with Crippen LogP contribution in [0.25, 0.3) is 0 Å². The Bertz CT molecular complexity index is 497. The van der Waals surface area contributed by atoms with Crippen LogP contribution in [0.1, 0.15) is 65.4 Å². The molecule has 0 aromatic heterocycles. The van der Waals surface area contributed by atoms with Crippen LogP contribution in [0.4, 0.5) is 4.39 Å². The molecule has 25 heavy (non-hydrogen) atoms. The highest BCUT2D eigenvalue weighted by Crippen LogP contribution is 2.37. The lowest BCUT2D eigenvalue weighted by Gasteiger charge is -2.39. The van der Waals surface area contributed by atoms with Gasteiger partial charge in [-0.1, -0.05) is 32.4 Å². The summed E-state index contributed by atoms with van der Waals surface area (Å²) in [6.07, 6.45) is 6.21. The normalized spacial score (nSPS) is 21.4. The first-order chi connectivity index (χ1) is 11.9. The van der Waals surface area contributed by atoms with E-state index in [1.165, 1.54) is 44.2 Å². The van der Waals surface area contributed by atoms with Gasteiger partial charge < -0.3 is 10.1 Å². The molecule has 0 saturated carbocycles. The van der Waals surface area contributed by atoms with E-state index in [0.717, 1.165) is 43.0 Å². The lowest BCUT2D eigenvalue weighted by molar-refractivity contribution is -0.0839. The molecule has 2 nitrogen and oxygen atoms in total. The molecule has 1 aromatic rings. The maximum absolute atomic E-state index is 13.0. The molecule has 0 radical (unpaired) electrons. The minimum atomic E-state index is -0.167. The summed E-state index contributed by atoms with van der Waals surface area (Å²) in [7, 11) is 0. The van der Waals surface area contributed by atoms with Gasteiger partial charge in [0.15, 0.2) is 0 Å². The third kappa shape index (κ3) is 7.45. The van der Waals surface area contributed by atoms with E-state index in [9.17, 15) is 4.39 Å². The van der Waals surface area contributed by atoms with Gasteiger partial charge in [-0.2, -0.15) is 0 Å². The average molecular weight is 350 g/mol. The fourth-order valence-electron chi connectivity index (χ4n) is 3.97. The summed E-state index contributed by atoms with van der Waals surface area (Å²) in [6, 6.07) is 6.79. The molecule has 1 saturated heterocycles. The zero-order valence-electron chi connectivity index (χ0n) is 16.5. The molecule has 0 bridgehead atoms. The summed E-state index contributed by atoms with van der Waals surface area (Å²) >= 11 is 0. The number of hydrogen-bond acceptors (Lipinski definition) is 2. The molecule has 2 atom stereocenters. The zero-order chi connectivity index (χ0) is 18.3. The van der Waals surface area contributed by atoms with Crippen molar-refractivity contribution >= 4 is 0 Å². The Hall–Kier alpha value is -0.930. The zero-order valence-corrected chi connectivity index (χ0v) is 16.5. The molecular weight excluding hydrogens is 313 g/mol. The van der Waals surface area contributed by atoms with Crippen molar-refractivity contribution in [3.63, 3.8) is 0 Å². The maximum Gasteiger partial charge on any atom is 0.123 e. The Labute approximate surface area is 153 Å². The number of ether oxygens (including phenoxy) is 1. The number of nitrogens with one attached hydrogen (secondary N) is 1. The summed E-state index contributed by atoms with van der Waals surface area (Å²) in [5.41, 5.74) is 1.17. The van der Waals surface area contributed by atoms with Crippen molar-refractivity contribution in [1.29, 1.82) is 0 Å². The summed E-state index contributed by atoms with van der Waals surface area (Å²) in [5.74, 6) is 2.14. The van der Waals surface area contributed by atoms with Crippen LogP contribution in [-0.4, -0.2) is 18.8 Å². The summed E-state index contributed by atoms with van der Waals surface area (Å²) in [4.78, 5) is 0. The van der Waals surface area contributed by atoms with Gasteiger partial charge in [0.25, 0.3) is 0 Å². The van der Waals surface area contributed by atoms with Crippen molar-refractivity contribution in [3.05, 3.63) is 35.6 Å². The van der Waals surface area contributed by atoms with Crippen LogP contribution < -0.4 is 5.32 Å². The van der Waals surface area contributed by atoms with Crippen molar-refractivity contribution in [2.75, 3.05) is 13.2 Å². The van der Waals surface area contributed by atoms with Gasteiger partial charge >= 0.3 is 0 Å². The van der Waals surface area contributed by atoms with Gasteiger partial charge in [-0.15, -0.1) is 0 Å². The van der Waals surface area contributed by atoms with Gasteiger partial charge in [-0.3, -0.25) is 0 Å². The van der Waals surface area contributed by atoms with E-state index in [2.05, 4.69) is 33.0 Å². The number of halogens is 1. The van der Waals surface area contributed by atoms with Crippen LogP contribution in [0.5, 0.6) is 0 Å². The Morgan fingerprint density at radius 3 is 2.52 bits per heavy atom. The second kappa shape index (κ2) is 9.68. The molecule has 142 valence electrons. The highest BCUT2D eigenvalue weighted by molar-refractivity contribution is 5.15. The van der Waals surface area contributed by atoms with Crippen molar-refractivity contribution < 1.29 is 9.13 Å². The molecule has 1 fully saturated rings. The smallest absolute Gasteiger partial charge is 0.123 e. The second-order valence-corrected chi connectivity index (χ2v) is 8.68. The largest absolute Gasteiger partial charge is 0.376 e. The lowest BCUT2D eigenvalue weighted by atomic mass is 9.75. The Morgan fingerprint density at radius 1 is 1.16 bits per heavy atom. The van der Waals surface area contributed by atoms with E-state index in [4.69, 9.17) is 4.74 Å². The monoisotopic (exact) mass is 349 g/mol. The average Bonchev–Trinajstić information content (AvgIpc) is 2.54. The molecule has 1 aliphatic rings. The summed E-state index contributed by atoms with van der Waals surface area (Å²) < 4.78 is 18.9. The van der Waals surface area contributed by atoms with Gasteiger partial charge in [0.05, 0.1) is 5.60 Å². The molecule has 3 heteroatoms. The number of rotatable bonds is 9.